The quantitative estimate of drug-likeness (QED) is 0.0251. The molecule has 108 heavy (non-hydrogen) atoms. The van der Waals surface area contributed by atoms with Gasteiger partial charge in [-0.05, 0) is 119 Å². The molecule has 8 rings (SSSR count). The van der Waals surface area contributed by atoms with Crippen LogP contribution in [0.2, 0.25) is 0 Å². The molecule has 33 heteroatoms. The number of nitrogens with one attached hydrogen (secondary N) is 7. The molecule has 27 nitrogen and oxygen atoms in total. The molecule has 11 atom stereocenters. The van der Waals surface area contributed by atoms with E-state index in [-0.39, 0.29) is 24.0 Å². The van der Waals surface area contributed by atoms with E-state index in [0.717, 1.165) is 52.0 Å². The number of hydrogen-bond donors (Lipinski definition) is 13. The molecule has 0 bridgehead atoms. The van der Waals surface area contributed by atoms with Crippen molar-refractivity contribution in [2.75, 3.05) is 49.2 Å². The van der Waals surface area contributed by atoms with Gasteiger partial charge < -0.3 is 77.5 Å². The third-order valence-corrected chi connectivity index (χ3v) is 25.9. The summed E-state index contributed by atoms with van der Waals surface area (Å²) in [6, 6.07) is 13.3. The van der Waals surface area contributed by atoms with Crippen LogP contribution in [0.1, 0.15) is 189 Å². The average Bonchev–Trinajstić information content (AvgIpc) is 1.62. The van der Waals surface area contributed by atoms with E-state index in [2.05, 4.69) is 47.2 Å². The number of amides is 7. The Bertz CT molecular complexity index is 3460. The minimum Gasteiger partial charge on any atom is -0.444 e. The molecule has 4 fully saturated rings. The first-order chi connectivity index (χ1) is 50.2. The highest BCUT2D eigenvalue weighted by Gasteiger charge is 2.55. The van der Waals surface area contributed by atoms with Crippen LogP contribution in [-0.2, 0) is 38.2 Å². The summed E-state index contributed by atoms with van der Waals surface area (Å²) in [7, 11) is 0. The van der Waals surface area contributed by atoms with Gasteiger partial charge in [-0.15, -0.1) is 69.7 Å². The summed E-state index contributed by atoms with van der Waals surface area (Å²) in [6.45, 7) is 25.2. The molecular formula is C75H118N12O15S6. The minimum absolute atomic E-state index is 0. The van der Waals surface area contributed by atoms with Gasteiger partial charge in [-0.25, -0.2) is 19.6 Å². The van der Waals surface area contributed by atoms with Gasteiger partial charge in [0.05, 0.1) is 44.9 Å². The third-order valence-electron chi connectivity index (χ3n) is 17.6. The highest BCUT2D eigenvalue weighted by atomic mass is 32.2. The SMILES string of the molecule is C.CCCC(NC(=O)C1CC2(CN1C(=O)C(NC(=O)OC(C)(C)C)C(C)(C)C)SCCCS2)C(=O)[C@H](O)NCC(O)O.CCCC(NC(=O)C1CC2(CN1[C@H](O)C(NC(=O)OC(C)(C)C)C(C)(C)C)SCCCS2)[C@@H](O)C(=O)NCC(=O)NC(c1ccccc1)c1nccs1.NC(c1ccccc1)c1nccs1. The molecule has 0 radical (unpaired) electrons. The van der Waals surface area contributed by atoms with Crippen LogP contribution in [0.15, 0.2) is 83.8 Å². The van der Waals surface area contributed by atoms with Gasteiger partial charge in [0.15, 0.2) is 24.4 Å². The molecule has 2 spiro atoms. The molecular weight excluding hydrogens is 1500 g/mol. The number of aliphatic hydroxyl groups excluding tert-OH is 4. The highest BCUT2D eigenvalue weighted by molar-refractivity contribution is 8.19. The van der Waals surface area contributed by atoms with Crippen LogP contribution in [-0.4, -0.2) is 222 Å². The maximum absolute atomic E-state index is 14.2. The fourth-order valence-corrected chi connectivity index (χ4v) is 20.5. The van der Waals surface area contributed by atoms with E-state index >= 15 is 0 Å². The maximum atomic E-state index is 14.2. The number of rotatable bonds is 27. The van der Waals surface area contributed by atoms with Gasteiger partial charge in [0.1, 0.15) is 45.6 Å². The van der Waals surface area contributed by atoms with Crippen molar-refractivity contribution in [1.82, 2.24) is 57.0 Å². The number of ether oxygens (including phenoxy) is 2. The molecule has 4 saturated heterocycles. The topological polar surface area (TPSA) is 399 Å². The molecule has 2 aromatic carbocycles. The van der Waals surface area contributed by atoms with Crippen LogP contribution in [0.5, 0.6) is 0 Å². The van der Waals surface area contributed by atoms with Crippen molar-refractivity contribution in [2.45, 2.75) is 248 Å². The van der Waals surface area contributed by atoms with Crippen LogP contribution in [0, 0.1) is 10.8 Å². The fraction of sp³-hybridized carbons (Fsp3) is 0.653. The first kappa shape index (κ1) is 92.9. The number of aromatic nitrogens is 2. The zero-order valence-electron chi connectivity index (χ0n) is 64.0. The van der Waals surface area contributed by atoms with E-state index in [1.54, 1.807) is 117 Å². The van der Waals surface area contributed by atoms with E-state index in [9.17, 15) is 53.7 Å². The van der Waals surface area contributed by atoms with Gasteiger partial charge in [0.2, 0.25) is 23.6 Å². The molecule has 0 aliphatic carbocycles. The van der Waals surface area contributed by atoms with E-state index in [1.807, 2.05) is 127 Å². The van der Waals surface area contributed by atoms with Crippen LogP contribution >= 0.6 is 69.7 Å². The van der Waals surface area contributed by atoms with Gasteiger partial charge >= 0.3 is 12.2 Å². The van der Waals surface area contributed by atoms with Crippen molar-refractivity contribution in [3.63, 3.8) is 0 Å². The lowest BCUT2D eigenvalue weighted by Crippen LogP contribution is -2.61. The first-order valence-electron chi connectivity index (χ1n) is 36.3. The number of hydrogen-bond acceptors (Lipinski definition) is 26. The lowest BCUT2D eigenvalue weighted by Gasteiger charge is -2.41. The molecule has 4 aromatic rings. The second-order valence-corrected chi connectivity index (χ2v) is 39.3. The monoisotopic (exact) mass is 1620 g/mol. The Morgan fingerprint density at radius 2 is 1.12 bits per heavy atom. The summed E-state index contributed by atoms with van der Waals surface area (Å²) in [5, 5.41) is 76.0. The number of likely N-dealkylation sites (tertiary alicyclic amines) is 2. The molecule has 4 aliphatic heterocycles. The van der Waals surface area contributed by atoms with Gasteiger partial charge in [0.25, 0.3) is 5.91 Å². The van der Waals surface area contributed by atoms with Crippen molar-refractivity contribution in [3.8, 4) is 0 Å². The van der Waals surface area contributed by atoms with E-state index in [1.165, 1.54) is 16.2 Å². The number of thiazole rings is 2. The van der Waals surface area contributed by atoms with E-state index in [4.69, 9.17) is 25.4 Å². The number of Topliss-reactive ketones (excluding diaryl/α,β-unsaturated/α-hetero) is 1. The van der Waals surface area contributed by atoms with Crippen molar-refractivity contribution >= 4 is 117 Å². The van der Waals surface area contributed by atoms with Gasteiger partial charge in [-0.2, -0.15) is 0 Å². The van der Waals surface area contributed by atoms with Crippen LogP contribution in [0.25, 0.3) is 0 Å². The summed E-state index contributed by atoms with van der Waals surface area (Å²) < 4.78 is 10.2. The fourth-order valence-electron chi connectivity index (χ4n) is 12.4. The number of thioether (sulfide) groups is 4. The Kier molecular flexibility index (Phi) is 36.4. The molecule has 4 aliphatic rings. The molecule has 14 N–H and O–H groups in total. The zero-order chi connectivity index (χ0) is 79.2. The minimum atomic E-state index is -1.76. The summed E-state index contributed by atoms with van der Waals surface area (Å²) in [4.78, 5) is 119. The second kappa shape index (κ2) is 42.3. The normalized spacial score (nSPS) is 19.7. The molecule has 2 aromatic heterocycles. The van der Waals surface area contributed by atoms with Gasteiger partial charge in [0, 0.05) is 49.2 Å². The lowest BCUT2D eigenvalue weighted by atomic mass is 9.85. The summed E-state index contributed by atoms with van der Waals surface area (Å²) in [6.07, 6.45) is 0.148. The van der Waals surface area contributed by atoms with Crippen molar-refractivity contribution in [2.24, 2.45) is 16.6 Å². The first-order valence-corrected chi connectivity index (χ1v) is 42.0. The number of nitrogens with two attached hydrogens (primary N) is 1. The van der Waals surface area contributed by atoms with Gasteiger partial charge in [-0.1, -0.05) is 136 Å². The number of alkyl carbamates (subject to hydrolysis) is 2. The number of ketones is 1. The number of aliphatic hydroxyl groups is 5. The number of carbonyl (C=O) groups excluding carboxylic acids is 8. The summed E-state index contributed by atoms with van der Waals surface area (Å²) >= 11 is 9.97. The van der Waals surface area contributed by atoms with Crippen LogP contribution in [0.4, 0.5) is 9.59 Å². The van der Waals surface area contributed by atoms with Crippen molar-refractivity contribution < 1.29 is 73.4 Å². The molecule has 7 amide bonds. The van der Waals surface area contributed by atoms with Gasteiger partial charge in [-0.3, -0.25) is 39.0 Å². The molecule has 0 saturated carbocycles. The summed E-state index contributed by atoms with van der Waals surface area (Å²) in [5.74, 6) is 0.288. The smallest absolute Gasteiger partial charge is 0.408 e. The number of nitrogens with zero attached hydrogens (tertiary/aromatic N) is 4. The Morgan fingerprint density at radius 3 is 1.61 bits per heavy atom. The van der Waals surface area contributed by atoms with E-state index in [0.29, 0.717) is 50.2 Å². The molecule has 6 heterocycles. The standard InChI is InChI=1S/C37H56N6O7S3.C27H48N4O8S2.C10H10N2S.CH4/c1-8-13-24(28(45)31(47)39-21-26(44)41-27(32-38-16-19-51-32)23-14-10-9-11-15-23)40-30(46)25-20-37(52-17-12-18-53-37)22-43(25)33(48)29(35(2,3)4)42-34(49)50-36(5,6)7;1-8-10-16(19(34)22(36)28-14-18(32)33)29-21(35)17-13-27(40-11-9-12-41-27)15-31(17)23(37)20(25(2,3)4)30-24(38)39-26(5,6)7;11-9(10-12-6-7-13-10)8-4-2-1-3-5-8;/h9-11,14-16,19,24-25,27-29,33,45,48H,8,12-13,17-18,20-22H2,1-7H3,(H,39,47)(H,40,46)(H,41,44)(H,42,49);16-18,20,22,28,32-33,36H,8-15H2,1-7H3,(H,29,35)(H,30,38);1-7,9H,11H2;1H4/t24?,25?,27?,28-,29?,33-;16?,17?,20?,22-;;/m10../s1. The van der Waals surface area contributed by atoms with Crippen LogP contribution < -0.4 is 43.0 Å². The zero-order valence-corrected chi connectivity index (χ0v) is 68.9. The predicted octanol–water partition coefficient (Wildman–Crippen LogP) is 8.00. The molecule has 604 valence electrons. The van der Waals surface area contributed by atoms with E-state index < -0.39 is 154 Å². The average molecular weight is 1620 g/mol. The van der Waals surface area contributed by atoms with Crippen LogP contribution in [0.3, 0.4) is 0 Å². The van der Waals surface area contributed by atoms with Crippen molar-refractivity contribution in [1.29, 1.82) is 0 Å². The lowest BCUT2D eigenvalue weighted by molar-refractivity contribution is -0.143. The Morgan fingerprint density at radius 1 is 0.620 bits per heavy atom. The Hall–Kier alpha value is -5.66. The van der Waals surface area contributed by atoms with Crippen molar-refractivity contribution in [3.05, 3.63) is 105 Å². The maximum Gasteiger partial charge on any atom is 0.408 e. The predicted molar refractivity (Wildman–Crippen MR) is 431 cm³/mol. The Balaban J connectivity index is 0.000000335. The number of benzene rings is 2. The number of carbonyl (C=O) groups is 8. The highest BCUT2D eigenvalue weighted by Crippen LogP contribution is 2.52. The third kappa shape index (κ3) is 28.5. The summed E-state index contributed by atoms with van der Waals surface area (Å²) in [5.41, 5.74) is 5.12. The largest absolute Gasteiger partial charge is 0.444 e. The molecule has 8 unspecified atom stereocenters. The second-order valence-electron chi connectivity index (χ2n) is 31.0. The Labute approximate surface area is 662 Å².